The number of ether oxygens (including phenoxy) is 3. The summed E-state index contributed by atoms with van der Waals surface area (Å²) < 4.78 is 16.8. The molecule has 0 aromatic rings. The summed E-state index contributed by atoms with van der Waals surface area (Å²) in [5, 5.41) is 0. The van der Waals surface area contributed by atoms with E-state index in [1.807, 2.05) is 0 Å². The summed E-state index contributed by atoms with van der Waals surface area (Å²) in [6, 6.07) is 0. The van der Waals surface area contributed by atoms with Gasteiger partial charge in [-0.15, -0.1) is 0 Å². The highest BCUT2D eigenvalue weighted by atomic mass is 16.6. The summed E-state index contributed by atoms with van der Waals surface area (Å²) in [5.41, 5.74) is 0. The van der Waals surface area contributed by atoms with Crippen LogP contribution in [0.15, 0.2) is 36.5 Å². The summed E-state index contributed by atoms with van der Waals surface area (Å²) in [6.45, 7) is 6.61. The lowest BCUT2D eigenvalue weighted by Crippen LogP contribution is -2.30. The van der Waals surface area contributed by atoms with Gasteiger partial charge in [-0.1, -0.05) is 218 Å². The second-order valence-corrected chi connectivity index (χ2v) is 17.8. The molecule has 0 aliphatic heterocycles. The van der Waals surface area contributed by atoms with E-state index in [1.54, 1.807) is 0 Å². The molecule has 0 amide bonds. The van der Waals surface area contributed by atoms with E-state index in [2.05, 4.69) is 57.2 Å². The number of esters is 3. The highest BCUT2D eigenvalue weighted by Gasteiger charge is 2.19. The second-order valence-electron chi connectivity index (χ2n) is 17.8. The third-order valence-corrected chi connectivity index (χ3v) is 11.6. The van der Waals surface area contributed by atoms with Crippen molar-refractivity contribution < 1.29 is 28.6 Å². The molecule has 356 valence electrons. The van der Waals surface area contributed by atoms with Crippen LogP contribution >= 0.6 is 0 Å². The van der Waals surface area contributed by atoms with Crippen LogP contribution in [0.3, 0.4) is 0 Å². The molecule has 0 fully saturated rings. The molecule has 1 atom stereocenters. The number of allylic oxidation sites excluding steroid dienone is 6. The highest BCUT2D eigenvalue weighted by molar-refractivity contribution is 5.71. The third-order valence-electron chi connectivity index (χ3n) is 11.6. The van der Waals surface area contributed by atoms with E-state index >= 15 is 0 Å². The minimum atomic E-state index is -0.779. The molecule has 0 bridgehead atoms. The van der Waals surface area contributed by atoms with Crippen LogP contribution < -0.4 is 0 Å². The lowest BCUT2D eigenvalue weighted by atomic mass is 10.0. The third kappa shape index (κ3) is 48.5. The van der Waals surface area contributed by atoms with Gasteiger partial charge in [0.25, 0.3) is 0 Å². The van der Waals surface area contributed by atoms with Gasteiger partial charge in [0.05, 0.1) is 0 Å². The zero-order valence-corrected chi connectivity index (χ0v) is 40.7. The van der Waals surface area contributed by atoms with Crippen molar-refractivity contribution in [2.45, 2.75) is 284 Å². The monoisotopic (exact) mass is 857 g/mol. The van der Waals surface area contributed by atoms with Crippen molar-refractivity contribution in [3.8, 4) is 0 Å². The molecule has 0 aromatic carbocycles. The predicted octanol–water partition coefficient (Wildman–Crippen LogP) is 17.3. The average Bonchev–Trinajstić information content (AvgIpc) is 3.26. The zero-order valence-electron chi connectivity index (χ0n) is 40.7. The van der Waals surface area contributed by atoms with Crippen LogP contribution in [-0.2, 0) is 28.6 Å². The molecule has 0 aromatic heterocycles. The Morgan fingerprint density at radius 2 is 0.590 bits per heavy atom. The van der Waals surface area contributed by atoms with Gasteiger partial charge in [0.15, 0.2) is 6.10 Å². The Morgan fingerprint density at radius 3 is 0.951 bits per heavy atom. The van der Waals surface area contributed by atoms with Gasteiger partial charge >= 0.3 is 17.9 Å². The largest absolute Gasteiger partial charge is 0.462 e. The van der Waals surface area contributed by atoms with Crippen LogP contribution in [0.4, 0.5) is 0 Å². The summed E-state index contributed by atoms with van der Waals surface area (Å²) in [4.78, 5) is 38.0. The summed E-state index contributed by atoms with van der Waals surface area (Å²) in [5.74, 6) is -0.889. The second kappa shape index (κ2) is 50.3. The molecule has 0 rings (SSSR count). The Hall–Kier alpha value is -2.37. The first-order valence-corrected chi connectivity index (χ1v) is 26.5. The topological polar surface area (TPSA) is 78.9 Å². The average molecular weight is 857 g/mol. The van der Waals surface area contributed by atoms with E-state index in [0.29, 0.717) is 19.3 Å². The first kappa shape index (κ1) is 58.6. The molecule has 6 nitrogen and oxygen atoms in total. The fraction of sp³-hybridized carbons (Fsp3) is 0.836. The van der Waals surface area contributed by atoms with Crippen molar-refractivity contribution in [2.24, 2.45) is 0 Å². The molecule has 0 aliphatic carbocycles. The molecule has 0 radical (unpaired) electrons. The summed E-state index contributed by atoms with van der Waals surface area (Å²) in [7, 11) is 0. The number of carbonyl (C=O) groups excluding carboxylic acids is 3. The molecule has 0 spiro atoms. The van der Waals surface area contributed by atoms with Gasteiger partial charge in [0.1, 0.15) is 13.2 Å². The Kier molecular flexibility index (Phi) is 48.3. The van der Waals surface area contributed by atoms with Crippen molar-refractivity contribution in [3.05, 3.63) is 36.5 Å². The van der Waals surface area contributed by atoms with Crippen LogP contribution in [0.5, 0.6) is 0 Å². The molecule has 6 heteroatoms. The van der Waals surface area contributed by atoms with Gasteiger partial charge < -0.3 is 14.2 Å². The molecular formula is C55H100O6. The van der Waals surface area contributed by atoms with Gasteiger partial charge in [-0.2, -0.15) is 0 Å². The minimum absolute atomic E-state index is 0.0775. The molecular weight excluding hydrogens is 757 g/mol. The Bertz CT molecular complexity index is 1030. The van der Waals surface area contributed by atoms with Gasteiger partial charge in [-0.05, 0) is 77.0 Å². The molecule has 0 N–H and O–H groups in total. The SMILES string of the molecule is CCCCC/C=C\C/C=C\CCCCCCCC(=O)O[C@H](COC(=O)CCCCCCC/C=C\CCCCCCCC)COC(=O)CCCCCCCCCCCCCCC. The summed E-state index contributed by atoms with van der Waals surface area (Å²) in [6.07, 6.45) is 58.3. The minimum Gasteiger partial charge on any atom is -0.462 e. The van der Waals surface area contributed by atoms with Gasteiger partial charge in [-0.25, -0.2) is 0 Å². The molecule has 0 saturated carbocycles. The van der Waals surface area contributed by atoms with Crippen molar-refractivity contribution in [1.29, 1.82) is 0 Å². The van der Waals surface area contributed by atoms with E-state index in [1.165, 1.54) is 148 Å². The van der Waals surface area contributed by atoms with Crippen LogP contribution in [0.25, 0.3) is 0 Å². The Labute approximate surface area is 378 Å². The van der Waals surface area contributed by atoms with Gasteiger partial charge in [0.2, 0.25) is 0 Å². The molecule has 0 aliphatic rings. The van der Waals surface area contributed by atoms with Crippen molar-refractivity contribution in [2.75, 3.05) is 13.2 Å². The predicted molar refractivity (Wildman–Crippen MR) is 261 cm³/mol. The lowest BCUT2D eigenvalue weighted by Gasteiger charge is -2.18. The fourth-order valence-corrected chi connectivity index (χ4v) is 7.59. The number of carbonyl (C=O) groups is 3. The first-order chi connectivity index (χ1) is 30.0. The Morgan fingerprint density at radius 1 is 0.328 bits per heavy atom. The zero-order chi connectivity index (χ0) is 44.4. The molecule has 0 heterocycles. The van der Waals surface area contributed by atoms with E-state index in [0.717, 1.165) is 89.9 Å². The maximum Gasteiger partial charge on any atom is 0.306 e. The van der Waals surface area contributed by atoms with Crippen molar-refractivity contribution >= 4 is 17.9 Å². The van der Waals surface area contributed by atoms with E-state index in [4.69, 9.17) is 14.2 Å². The number of hydrogen-bond acceptors (Lipinski definition) is 6. The van der Waals surface area contributed by atoms with Gasteiger partial charge in [0, 0.05) is 19.3 Å². The first-order valence-electron chi connectivity index (χ1n) is 26.5. The van der Waals surface area contributed by atoms with Crippen molar-refractivity contribution in [1.82, 2.24) is 0 Å². The van der Waals surface area contributed by atoms with E-state index in [9.17, 15) is 14.4 Å². The fourth-order valence-electron chi connectivity index (χ4n) is 7.59. The number of rotatable bonds is 48. The summed E-state index contributed by atoms with van der Waals surface area (Å²) >= 11 is 0. The van der Waals surface area contributed by atoms with Crippen LogP contribution in [0.2, 0.25) is 0 Å². The standard InChI is InChI=1S/C55H100O6/c1-4-7-10-13-16-19-22-25-27-30-33-36-39-42-45-48-54(57)60-51-52(50-59-53(56)47-44-41-38-35-32-29-24-21-18-15-12-9-6-3)61-55(58)49-46-43-40-37-34-31-28-26-23-20-17-14-11-8-5-2/h17,20,25-28,52H,4-16,18-19,21-24,29-51H2,1-3H3/b20-17-,27-25-,28-26-/t52-/m0/s1. The normalized spacial score (nSPS) is 12.2. The molecule has 0 unspecified atom stereocenters. The van der Waals surface area contributed by atoms with Crippen LogP contribution in [-0.4, -0.2) is 37.2 Å². The smallest absolute Gasteiger partial charge is 0.306 e. The maximum atomic E-state index is 12.8. The van der Waals surface area contributed by atoms with Gasteiger partial charge in [-0.3, -0.25) is 14.4 Å². The molecule has 0 saturated heterocycles. The lowest BCUT2D eigenvalue weighted by molar-refractivity contribution is -0.167. The number of hydrogen-bond donors (Lipinski definition) is 0. The molecule has 61 heavy (non-hydrogen) atoms. The van der Waals surface area contributed by atoms with E-state index < -0.39 is 6.10 Å². The van der Waals surface area contributed by atoms with Crippen LogP contribution in [0.1, 0.15) is 278 Å². The number of unbranched alkanes of at least 4 members (excludes halogenated alkanes) is 31. The Balaban J connectivity index is 4.39. The quantitative estimate of drug-likeness (QED) is 0.0262. The maximum absolute atomic E-state index is 12.8. The van der Waals surface area contributed by atoms with E-state index in [-0.39, 0.29) is 31.1 Å². The van der Waals surface area contributed by atoms with Crippen LogP contribution in [0, 0.1) is 0 Å². The highest BCUT2D eigenvalue weighted by Crippen LogP contribution is 2.15. The van der Waals surface area contributed by atoms with Crippen molar-refractivity contribution in [3.63, 3.8) is 0 Å².